The van der Waals surface area contributed by atoms with E-state index in [4.69, 9.17) is 9.26 Å². The van der Waals surface area contributed by atoms with E-state index in [9.17, 15) is 4.79 Å². The second-order valence-electron chi connectivity index (χ2n) is 6.28. The Morgan fingerprint density at radius 3 is 2.96 bits per heavy atom. The van der Waals surface area contributed by atoms with Crippen LogP contribution in [0.25, 0.3) is 5.69 Å². The first-order chi connectivity index (χ1) is 13.2. The lowest BCUT2D eigenvalue weighted by Gasteiger charge is -2.09. The van der Waals surface area contributed by atoms with E-state index in [1.165, 1.54) is 0 Å². The number of carbonyl (C=O) groups excluding carboxylic acids is 1. The van der Waals surface area contributed by atoms with Crippen molar-refractivity contribution < 1.29 is 14.1 Å². The SMILES string of the molecule is Cc1cc(NC(=O)NCc2noc([C@@H]3CCCO3)n2)n(-c2ccccc2)n1. The number of rotatable bonds is 5. The predicted octanol–water partition coefficient (Wildman–Crippen LogP) is 2.74. The fourth-order valence-corrected chi connectivity index (χ4v) is 2.92. The molecule has 140 valence electrons. The Labute approximate surface area is 155 Å². The highest BCUT2D eigenvalue weighted by molar-refractivity contribution is 5.88. The number of hydrogen-bond acceptors (Lipinski definition) is 6. The van der Waals surface area contributed by atoms with Crippen molar-refractivity contribution in [1.29, 1.82) is 0 Å². The van der Waals surface area contributed by atoms with E-state index in [2.05, 4.69) is 25.9 Å². The monoisotopic (exact) mass is 368 g/mol. The maximum atomic E-state index is 12.3. The van der Waals surface area contributed by atoms with E-state index in [1.807, 2.05) is 37.3 Å². The fourth-order valence-electron chi connectivity index (χ4n) is 2.92. The minimum atomic E-state index is -0.379. The molecule has 2 N–H and O–H groups in total. The van der Waals surface area contributed by atoms with Gasteiger partial charge in [0, 0.05) is 12.7 Å². The lowest BCUT2D eigenvalue weighted by Crippen LogP contribution is -2.29. The zero-order valence-electron chi connectivity index (χ0n) is 14.9. The highest BCUT2D eigenvalue weighted by atomic mass is 16.5. The summed E-state index contributed by atoms with van der Waals surface area (Å²) in [5, 5.41) is 13.8. The number of anilines is 1. The molecule has 0 saturated carbocycles. The summed E-state index contributed by atoms with van der Waals surface area (Å²) in [7, 11) is 0. The number of carbonyl (C=O) groups is 1. The molecule has 4 rings (SSSR count). The van der Waals surface area contributed by atoms with Gasteiger partial charge in [-0.3, -0.25) is 5.32 Å². The van der Waals surface area contributed by atoms with Crippen LogP contribution in [-0.4, -0.2) is 32.6 Å². The third-order valence-electron chi connectivity index (χ3n) is 4.17. The average molecular weight is 368 g/mol. The third kappa shape index (κ3) is 3.98. The average Bonchev–Trinajstić information content (AvgIpc) is 3.41. The van der Waals surface area contributed by atoms with Crippen molar-refractivity contribution in [2.75, 3.05) is 11.9 Å². The molecule has 1 saturated heterocycles. The van der Waals surface area contributed by atoms with Crippen molar-refractivity contribution in [1.82, 2.24) is 25.2 Å². The predicted molar refractivity (Wildman–Crippen MR) is 96.4 cm³/mol. The molecule has 27 heavy (non-hydrogen) atoms. The first-order valence-electron chi connectivity index (χ1n) is 8.80. The summed E-state index contributed by atoms with van der Waals surface area (Å²) < 4.78 is 12.4. The standard InChI is InChI=1S/C18H20N6O3/c1-12-10-16(24(22-12)13-6-3-2-4-7-13)21-18(25)19-11-15-20-17(27-23-15)14-8-5-9-26-14/h2-4,6-7,10,14H,5,8-9,11H2,1H3,(H2,19,21,25)/t14-/m0/s1. The number of ether oxygens (including phenoxy) is 1. The first kappa shape index (κ1) is 17.2. The van der Waals surface area contributed by atoms with Crippen LogP contribution in [0, 0.1) is 6.92 Å². The van der Waals surface area contributed by atoms with Gasteiger partial charge in [0.25, 0.3) is 5.89 Å². The van der Waals surface area contributed by atoms with E-state index >= 15 is 0 Å². The molecule has 1 aliphatic rings. The number of para-hydroxylation sites is 1. The summed E-state index contributed by atoms with van der Waals surface area (Å²) in [4.78, 5) is 16.5. The van der Waals surface area contributed by atoms with Crippen molar-refractivity contribution in [2.24, 2.45) is 0 Å². The summed E-state index contributed by atoms with van der Waals surface area (Å²) in [5.74, 6) is 1.44. The fraction of sp³-hybridized carbons (Fsp3) is 0.333. The Morgan fingerprint density at radius 1 is 1.33 bits per heavy atom. The van der Waals surface area contributed by atoms with E-state index in [0.717, 1.165) is 24.2 Å². The normalized spacial score (nSPS) is 16.4. The van der Waals surface area contributed by atoms with Crippen molar-refractivity contribution in [2.45, 2.75) is 32.4 Å². The van der Waals surface area contributed by atoms with Crippen LogP contribution < -0.4 is 10.6 Å². The summed E-state index contributed by atoms with van der Waals surface area (Å²) in [6.07, 6.45) is 1.72. The van der Waals surface area contributed by atoms with Gasteiger partial charge in [-0.15, -0.1) is 0 Å². The second-order valence-corrected chi connectivity index (χ2v) is 6.28. The zero-order chi connectivity index (χ0) is 18.6. The first-order valence-corrected chi connectivity index (χ1v) is 8.80. The van der Waals surface area contributed by atoms with Crippen molar-refractivity contribution >= 4 is 11.8 Å². The molecule has 1 atom stereocenters. The van der Waals surface area contributed by atoms with Crippen LogP contribution in [0.2, 0.25) is 0 Å². The summed E-state index contributed by atoms with van der Waals surface area (Å²) >= 11 is 0. The molecule has 3 aromatic rings. The van der Waals surface area contributed by atoms with Gasteiger partial charge in [0.2, 0.25) is 0 Å². The van der Waals surface area contributed by atoms with E-state index < -0.39 is 0 Å². The highest BCUT2D eigenvalue weighted by Crippen LogP contribution is 2.26. The van der Waals surface area contributed by atoms with Gasteiger partial charge in [-0.1, -0.05) is 23.4 Å². The van der Waals surface area contributed by atoms with Gasteiger partial charge in [0.05, 0.1) is 17.9 Å². The lowest BCUT2D eigenvalue weighted by molar-refractivity contribution is 0.0835. The smallest absolute Gasteiger partial charge is 0.320 e. The molecule has 1 fully saturated rings. The molecular weight excluding hydrogens is 348 g/mol. The second kappa shape index (κ2) is 7.58. The minimum Gasteiger partial charge on any atom is -0.368 e. The maximum absolute atomic E-state index is 12.3. The molecule has 0 radical (unpaired) electrons. The number of aryl methyl sites for hydroxylation is 1. The van der Waals surface area contributed by atoms with Crippen LogP contribution in [0.3, 0.4) is 0 Å². The number of nitrogens with zero attached hydrogens (tertiary/aromatic N) is 4. The topological polar surface area (TPSA) is 107 Å². The van der Waals surface area contributed by atoms with Crippen LogP contribution >= 0.6 is 0 Å². The number of benzene rings is 1. The van der Waals surface area contributed by atoms with Gasteiger partial charge >= 0.3 is 6.03 Å². The number of amides is 2. The number of urea groups is 1. The Morgan fingerprint density at radius 2 is 2.19 bits per heavy atom. The molecule has 0 spiro atoms. The van der Waals surface area contributed by atoms with Crippen LogP contribution in [-0.2, 0) is 11.3 Å². The van der Waals surface area contributed by atoms with Gasteiger partial charge in [0.1, 0.15) is 11.9 Å². The molecule has 3 heterocycles. The molecule has 2 aromatic heterocycles. The molecule has 2 amide bonds. The quantitative estimate of drug-likeness (QED) is 0.717. The molecule has 0 unspecified atom stereocenters. The Kier molecular flexibility index (Phi) is 4.84. The lowest BCUT2D eigenvalue weighted by atomic mass is 10.2. The van der Waals surface area contributed by atoms with Gasteiger partial charge in [-0.05, 0) is 31.9 Å². The molecule has 0 bridgehead atoms. The zero-order valence-corrected chi connectivity index (χ0v) is 14.9. The largest absolute Gasteiger partial charge is 0.368 e. The Balaban J connectivity index is 1.37. The molecule has 9 heteroatoms. The van der Waals surface area contributed by atoms with E-state index in [0.29, 0.717) is 24.1 Å². The summed E-state index contributed by atoms with van der Waals surface area (Å²) in [6.45, 7) is 2.73. The van der Waals surface area contributed by atoms with Gasteiger partial charge in [-0.2, -0.15) is 10.1 Å². The van der Waals surface area contributed by atoms with Crippen LogP contribution in [0.5, 0.6) is 0 Å². The van der Waals surface area contributed by atoms with Gasteiger partial charge < -0.3 is 14.6 Å². The third-order valence-corrected chi connectivity index (χ3v) is 4.17. The van der Waals surface area contributed by atoms with Crippen molar-refractivity contribution in [3.8, 4) is 5.69 Å². The minimum absolute atomic E-state index is 0.136. The molecule has 0 aliphatic carbocycles. The van der Waals surface area contributed by atoms with E-state index in [-0.39, 0.29) is 18.7 Å². The number of hydrogen-bond donors (Lipinski definition) is 2. The maximum Gasteiger partial charge on any atom is 0.320 e. The number of nitrogens with one attached hydrogen (secondary N) is 2. The van der Waals surface area contributed by atoms with Crippen LogP contribution in [0.1, 0.15) is 36.4 Å². The molecule has 9 nitrogen and oxygen atoms in total. The summed E-state index contributed by atoms with van der Waals surface area (Å²) in [6, 6.07) is 11.0. The van der Waals surface area contributed by atoms with Crippen LogP contribution in [0.4, 0.5) is 10.6 Å². The Bertz CT molecular complexity index is 914. The van der Waals surface area contributed by atoms with Crippen molar-refractivity contribution in [3.05, 3.63) is 53.8 Å². The van der Waals surface area contributed by atoms with Crippen molar-refractivity contribution in [3.63, 3.8) is 0 Å². The molecule has 1 aromatic carbocycles. The summed E-state index contributed by atoms with van der Waals surface area (Å²) in [5.41, 5.74) is 1.66. The highest BCUT2D eigenvalue weighted by Gasteiger charge is 2.23. The van der Waals surface area contributed by atoms with Gasteiger partial charge in [0.15, 0.2) is 5.82 Å². The molecule has 1 aliphatic heterocycles. The Hall–Kier alpha value is -3.20. The van der Waals surface area contributed by atoms with E-state index in [1.54, 1.807) is 10.7 Å². The van der Waals surface area contributed by atoms with Gasteiger partial charge in [-0.25, -0.2) is 9.48 Å². The van der Waals surface area contributed by atoms with Crippen LogP contribution in [0.15, 0.2) is 40.9 Å². The molecular formula is C18H20N6O3. The number of aromatic nitrogens is 4.